The monoisotopic (exact) mass is 196 g/mol. The highest BCUT2D eigenvalue weighted by Crippen LogP contribution is 2.23. The molecule has 14 heavy (non-hydrogen) atoms. The second-order valence-electron chi connectivity index (χ2n) is 4.68. The summed E-state index contributed by atoms with van der Waals surface area (Å²) in [7, 11) is 0. The summed E-state index contributed by atoms with van der Waals surface area (Å²) in [5.41, 5.74) is 0.833. The van der Waals surface area contributed by atoms with E-state index in [4.69, 9.17) is 4.74 Å². The van der Waals surface area contributed by atoms with Crippen molar-refractivity contribution in [1.29, 1.82) is 0 Å². The number of ether oxygens (including phenoxy) is 1. The van der Waals surface area contributed by atoms with Crippen molar-refractivity contribution in [1.82, 2.24) is 0 Å². The fraction of sp³-hybridized carbons (Fsp3) is 0.583. The van der Waals surface area contributed by atoms with Gasteiger partial charge in [0, 0.05) is 11.5 Å². The number of hydrogen-bond acceptors (Lipinski definition) is 2. The Bertz CT molecular complexity index is 240. The molecule has 80 valence electrons. The van der Waals surface area contributed by atoms with Gasteiger partial charge in [0.05, 0.1) is 0 Å². The van der Waals surface area contributed by atoms with Gasteiger partial charge in [0.15, 0.2) is 0 Å². The molecule has 0 aliphatic heterocycles. The molecule has 0 aromatic rings. The molecule has 0 aromatic heterocycles. The van der Waals surface area contributed by atoms with Crippen LogP contribution in [0.2, 0.25) is 0 Å². The zero-order valence-electron chi connectivity index (χ0n) is 9.76. The summed E-state index contributed by atoms with van der Waals surface area (Å²) in [5, 5.41) is 0. The van der Waals surface area contributed by atoms with Crippen molar-refractivity contribution in [3.8, 4) is 0 Å². The average molecular weight is 196 g/mol. The van der Waals surface area contributed by atoms with E-state index in [1.54, 1.807) is 6.08 Å². The van der Waals surface area contributed by atoms with Gasteiger partial charge in [-0.1, -0.05) is 39.0 Å². The Morgan fingerprint density at radius 1 is 1.36 bits per heavy atom. The van der Waals surface area contributed by atoms with E-state index in [9.17, 15) is 4.79 Å². The van der Waals surface area contributed by atoms with E-state index in [-0.39, 0.29) is 17.5 Å². The lowest BCUT2D eigenvalue weighted by atomic mass is 9.89. The molecule has 0 bridgehead atoms. The fourth-order valence-corrected chi connectivity index (χ4v) is 0.973. The van der Waals surface area contributed by atoms with E-state index in [0.717, 1.165) is 5.57 Å². The third kappa shape index (κ3) is 4.85. The van der Waals surface area contributed by atoms with Gasteiger partial charge in [-0.25, -0.2) is 4.79 Å². The van der Waals surface area contributed by atoms with Gasteiger partial charge in [0.2, 0.25) is 0 Å². The molecule has 0 heterocycles. The zero-order valence-corrected chi connectivity index (χ0v) is 9.76. The number of allylic oxidation sites excluding steroid dienone is 1. The quantitative estimate of drug-likeness (QED) is 0.394. The Morgan fingerprint density at radius 2 is 1.86 bits per heavy atom. The molecule has 0 aliphatic carbocycles. The molecule has 0 aliphatic rings. The highest BCUT2D eigenvalue weighted by atomic mass is 16.5. The Morgan fingerprint density at radius 3 is 2.14 bits per heavy atom. The molecule has 0 amide bonds. The number of carbonyl (C=O) groups is 1. The topological polar surface area (TPSA) is 26.3 Å². The van der Waals surface area contributed by atoms with Crippen molar-refractivity contribution >= 4 is 5.97 Å². The molecule has 2 heteroatoms. The first-order valence-corrected chi connectivity index (χ1v) is 4.75. The predicted octanol–water partition coefficient (Wildman–Crippen LogP) is 3.10. The summed E-state index contributed by atoms with van der Waals surface area (Å²) >= 11 is 0. The van der Waals surface area contributed by atoms with Crippen molar-refractivity contribution in [3.05, 3.63) is 24.3 Å². The molecule has 2 nitrogen and oxygen atoms in total. The van der Waals surface area contributed by atoms with Crippen LogP contribution >= 0.6 is 0 Å². The lowest BCUT2D eigenvalue weighted by Crippen LogP contribution is -2.29. The number of esters is 1. The highest BCUT2D eigenvalue weighted by Gasteiger charge is 2.24. The average Bonchev–Trinajstić information content (AvgIpc) is 1.96. The maximum atomic E-state index is 11.3. The molecular weight excluding hydrogens is 176 g/mol. The van der Waals surface area contributed by atoms with Crippen molar-refractivity contribution in [2.45, 2.75) is 40.7 Å². The summed E-state index contributed by atoms with van der Waals surface area (Å²) < 4.78 is 5.24. The minimum Gasteiger partial charge on any atom is -0.454 e. The third-order valence-electron chi connectivity index (χ3n) is 1.72. The van der Waals surface area contributed by atoms with Gasteiger partial charge in [0.1, 0.15) is 6.10 Å². The van der Waals surface area contributed by atoms with Crippen molar-refractivity contribution < 1.29 is 9.53 Å². The lowest BCUT2D eigenvalue weighted by Gasteiger charge is -2.27. The molecule has 0 saturated heterocycles. The molecule has 0 saturated carbocycles. The molecule has 0 rings (SSSR count). The Labute approximate surface area is 86.6 Å². The summed E-state index contributed by atoms with van der Waals surface area (Å²) in [6.07, 6.45) is 2.91. The van der Waals surface area contributed by atoms with Crippen LogP contribution in [0.1, 0.15) is 34.6 Å². The summed E-state index contributed by atoms with van der Waals surface area (Å²) in [6.45, 7) is 13.4. The zero-order chi connectivity index (χ0) is 11.4. The first-order valence-electron chi connectivity index (χ1n) is 4.75. The molecular formula is C12H20O2. The number of carbonyl (C=O) groups excluding carboxylic acids is 1. The molecule has 0 radical (unpaired) electrons. The van der Waals surface area contributed by atoms with Gasteiger partial charge in [-0.05, 0) is 13.8 Å². The van der Waals surface area contributed by atoms with Crippen LogP contribution in [0.3, 0.4) is 0 Å². The van der Waals surface area contributed by atoms with Crippen LogP contribution in [0.4, 0.5) is 0 Å². The van der Waals surface area contributed by atoms with E-state index in [1.807, 2.05) is 34.6 Å². The van der Waals surface area contributed by atoms with Crippen molar-refractivity contribution in [2.75, 3.05) is 0 Å². The standard InChI is InChI=1S/C12H20O2/c1-7-10(12(4,5)6)14-11(13)8-9(2)3/h7-8,10H,1H2,2-6H3. The van der Waals surface area contributed by atoms with Crippen LogP contribution in [0.15, 0.2) is 24.3 Å². The molecule has 0 aromatic carbocycles. The summed E-state index contributed by atoms with van der Waals surface area (Å²) in [6, 6.07) is 0. The van der Waals surface area contributed by atoms with E-state index in [0.29, 0.717) is 0 Å². The maximum absolute atomic E-state index is 11.3. The summed E-state index contributed by atoms with van der Waals surface area (Å²) in [5.74, 6) is -0.301. The normalized spacial score (nSPS) is 12.9. The second-order valence-corrected chi connectivity index (χ2v) is 4.68. The predicted molar refractivity (Wildman–Crippen MR) is 59.0 cm³/mol. The highest BCUT2D eigenvalue weighted by molar-refractivity contribution is 5.82. The third-order valence-corrected chi connectivity index (χ3v) is 1.72. The van der Waals surface area contributed by atoms with Gasteiger partial charge in [-0.3, -0.25) is 0 Å². The van der Waals surface area contributed by atoms with Gasteiger partial charge in [0.25, 0.3) is 0 Å². The van der Waals surface area contributed by atoms with Crippen LogP contribution in [0.25, 0.3) is 0 Å². The Balaban J connectivity index is 4.42. The molecule has 1 unspecified atom stereocenters. The minimum absolute atomic E-state index is 0.104. The van der Waals surface area contributed by atoms with Gasteiger partial charge < -0.3 is 4.74 Å². The van der Waals surface area contributed by atoms with Crippen LogP contribution in [-0.2, 0) is 9.53 Å². The van der Waals surface area contributed by atoms with Crippen LogP contribution in [0.5, 0.6) is 0 Å². The SMILES string of the molecule is C=CC(OC(=O)C=C(C)C)C(C)(C)C. The molecule has 1 atom stereocenters. The van der Waals surface area contributed by atoms with Gasteiger partial charge >= 0.3 is 5.97 Å². The largest absolute Gasteiger partial charge is 0.454 e. The van der Waals surface area contributed by atoms with Crippen LogP contribution in [-0.4, -0.2) is 12.1 Å². The first-order chi connectivity index (χ1) is 6.27. The van der Waals surface area contributed by atoms with E-state index in [1.165, 1.54) is 6.08 Å². The Hall–Kier alpha value is -1.05. The van der Waals surface area contributed by atoms with Crippen molar-refractivity contribution in [2.24, 2.45) is 5.41 Å². The molecule has 0 fully saturated rings. The maximum Gasteiger partial charge on any atom is 0.331 e. The van der Waals surface area contributed by atoms with Crippen LogP contribution < -0.4 is 0 Å². The molecule has 0 N–H and O–H groups in total. The fourth-order valence-electron chi connectivity index (χ4n) is 0.973. The smallest absolute Gasteiger partial charge is 0.331 e. The molecule has 0 spiro atoms. The second kappa shape index (κ2) is 4.99. The van der Waals surface area contributed by atoms with E-state index >= 15 is 0 Å². The summed E-state index contributed by atoms with van der Waals surface area (Å²) in [4.78, 5) is 11.3. The lowest BCUT2D eigenvalue weighted by molar-refractivity contribution is -0.145. The van der Waals surface area contributed by atoms with Gasteiger partial charge in [-0.15, -0.1) is 0 Å². The Kier molecular flexibility index (Phi) is 4.61. The number of rotatable bonds is 3. The first kappa shape index (κ1) is 12.9. The number of hydrogen-bond donors (Lipinski definition) is 0. The van der Waals surface area contributed by atoms with E-state index in [2.05, 4.69) is 6.58 Å². The minimum atomic E-state index is -0.301. The van der Waals surface area contributed by atoms with E-state index < -0.39 is 0 Å². The van der Waals surface area contributed by atoms with Gasteiger partial charge in [-0.2, -0.15) is 0 Å². The van der Waals surface area contributed by atoms with Crippen molar-refractivity contribution in [3.63, 3.8) is 0 Å². The van der Waals surface area contributed by atoms with Crippen LogP contribution in [0, 0.1) is 5.41 Å².